The molecule has 0 radical (unpaired) electrons. The maximum Gasteiger partial charge on any atom is 0.0573 e. The molecule has 2 heteroatoms. The smallest absolute Gasteiger partial charge is 0.0573 e. The highest BCUT2D eigenvalue weighted by Gasteiger charge is 2.16. The van der Waals surface area contributed by atoms with Crippen LogP contribution in [0.1, 0.15) is 38.5 Å². The van der Waals surface area contributed by atoms with Gasteiger partial charge in [-0.3, -0.25) is 0 Å². The minimum Gasteiger partial charge on any atom is -0.306 e. The van der Waals surface area contributed by atoms with Crippen molar-refractivity contribution in [2.24, 2.45) is 0 Å². The van der Waals surface area contributed by atoms with Crippen LogP contribution in [0.3, 0.4) is 0 Å². The molecule has 1 fully saturated rings. The fourth-order valence-electron chi connectivity index (χ4n) is 2.32. The van der Waals surface area contributed by atoms with Crippen LogP contribution in [0.2, 0.25) is 0 Å². The zero-order chi connectivity index (χ0) is 10.9. The molecule has 15 heavy (non-hydrogen) atoms. The second-order valence-corrected chi connectivity index (χ2v) is 4.51. The van der Waals surface area contributed by atoms with Crippen LogP contribution in [-0.4, -0.2) is 37.6 Å². The zero-order valence-corrected chi connectivity index (χ0v) is 9.97. The Bertz CT molecular complexity index is 189. The molecule has 0 aliphatic heterocycles. The Morgan fingerprint density at radius 1 is 1.33 bits per heavy atom. The maximum atomic E-state index is 5.16. The van der Waals surface area contributed by atoms with Crippen LogP contribution in [0.15, 0.2) is 0 Å². The largest absolute Gasteiger partial charge is 0.306 e. The van der Waals surface area contributed by atoms with Crippen molar-refractivity contribution in [3.8, 4) is 12.3 Å². The molecule has 86 valence electrons. The monoisotopic (exact) mass is 208 g/mol. The van der Waals surface area contributed by atoms with E-state index >= 15 is 0 Å². The molecule has 1 N–H and O–H groups in total. The van der Waals surface area contributed by atoms with E-state index in [2.05, 4.69) is 23.2 Å². The van der Waals surface area contributed by atoms with E-state index in [9.17, 15) is 0 Å². The second-order valence-electron chi connectivity index (χ2n) is 4.51. The number of nitrogens with zero attached hydrogens (tertiary/aromatic N) is 1. The van der Waals surface area contributed by atoms with Crippen LogP contribution < -0.4 is 5.32 Å². The molecule has 0 aromatic heterocycles. The Morgan fingerprint density at radius 3 is 2.73 bits per heavy atom. The van der Waals surface area contributed by atoms with Crippen molar-refractivity contribution < 1.29 is 0 Å². The lowest BCUT2D eigenvalue weighted by Crippen LogP contribution is -2.35. The molecule has 0 aromatic rings. The van der Waals surface area contributed by atoms with Crippen LogP contribution in [0.5, 0.6) is 0 Å². The van der Waals surface area contributed by atoms with Crippen LogP contribution >= 0.6 is 0 Å². The van der Waals surface area contributed by atoms with Crippen molar-refractivity contribution in [1.29, 1.82) is 0 Å². The molecule has 0 unspecified atom stereocenters. The summed E-state index contributed by atoms with van der Waals surface area (Å²) in [6, 6.07) is 0.839. The lowest BCUT2D eigenvalue weighted by molar-refractivity contribution is 0.190. The van der Waals surface area contributed by atoms with Crippen molar-refractivity contribution in [1.82, 2.24) is 10.2 Å². The van der Waals surface area contributed by atoms with E-state index in [0.29, 0.717) is 6.54 Å². The SMILES string of the molecule is C#CCNCCCN(C)C1CCCCC1. The highest BCUT2D eigenvalue weighted by Crippen LogP contribution is 2.21. The second kappa shape index (κ2) is 7.73. The third-order valence-electron chi connectivity index (χ3n) is 3.29. The lowest BCUT2D eigenvalue weighted by atomic mass is 9.94. The van der Waals surface area contributed by atoms with E-state index in [1.54, 1.807) is 0 Å². The molecule has 0 spiro atoms. The van der Waals surface area contributed by atoms with E-state index in [4.69, 9.17) is 6.42 Å². The van der Waals surface area contributed by atoms with Crippen molar-refractivity contribution in [3.63, 3.8) is 0 Å². The number of rotatable bonds is 6. The van der Waals surface area contributed by atoms with E-state index in [-0.39, 0.29) is 0 Å². The van der Waals surface area contributed by atoms with Gasteiger partial charge >= 0.3 is 0 Å². The summed E-state index contributed by atoms with van der Waals surface area (Å²) in [7, 11) is 2.26. The van der Waals surface area contributed by atoms with E-state index in [1.807, 2.05) is 0 Å². The number of hydrogen-bond donors (Lipinski definition) is 1. The van der Waals surface area contributed by atoms with E-state index in [1.165, 1.54) is 45.1 Å². The summed E-state index contributed by atoms with van der Waals surface area (Å²) in [4.78, 5) is 2.52. The van der Waals surface area contributed by atoms with Gasteiger partial charge in [0, 0.05) is 6.04 Å². The average molecular weight is 208 g/mol. The quantitative estimate of drug-likeness (QED) is 0.529. The molecule has 2 nitrogen and oxygen atoms in total. The van der Waals surface area contributed by atoms with Gasteiger partial charge in [0.25, 0.3) is 0 Å². The Kier molecular flexibility index (Phi) is 6.47. The molecule has 0 atom stereocenters. The van der Waals surface area contributed by atoms with Crippen LogP contribution in [0.4, 0.5) is 0 Å². The summed E-state index contributed by atoms with van der Waals surface area (Å²) in [6.45, 7) is 2.94. The van der Waals surface area contributed by atoms with Crippen LogP contribution in [-0.2, 0) is 0 Å². The first-order valence-electron chi connectivity index (χ1n) is 6.19. The van der Waals surface area contributed by atoms with Crippen molar-refractivity contribution >= 4 is 0 Å². The molecule has 0 aromatic carbocycles. The molecule has 0 heterocycles. The molecule has 1 saturated carbocycles. The number of hydrogen-bond acceptors (Lipinski definition) is 2. The first-order valence-corrected chi connectivity index (χ1v) is 6.19. The summed E-state index contributed by atoms with van der Waals surface area (Å²) in [5, 5.41) is 3.23. The molecular formula is C13H24N2. The lowest BCUT2D eigenvalue weighted by Gasteiger charge is -2.31. The molecule has 1 aliphatic rings. The average Bonchev–Trinajstić information content (AvgIpc) is 2.30. The maximum absolute atomic E-state index is 5.16. The van der Waals surface area contributed by atoms with Gasteiger partial charge in [0.05, 0.1) is 6.54 Å². The van der Waals surface area contributed by atoms with Gasteiger partial charge in [-0.25, -0.2) is 0 Å². The molecule has 0 amide bonds. The first kappa shape index (κ1) is 12.5. The Morgan fingerprint density at radius 2 is 2.07 bits per heavy atom. The minimum atomic E-state index is 0.702. The van der Waals surface area contributed by atoms with Gasteiger partial charge in [-0.05, 0) is 39.4 Å². The predicted octanol–water partition coefficient (Wildman–Crippen LogP) is 1.86. The standard InChI is InChI=1S/C13H24N2/c1-3-10-14-11-7-12-15(2)13-8-5-4-6-9-13/h1,13-14H,4-12H2,2H3. The van der Waals surface area contributed by atoms with Crippen LogP contribution in [0, 0.1) is 12.3 Å². The molecule has 1 aliphatic carbocycles. The van der Waals surface area contributed by atoms with Crippen molar-refractivity contribution in [2.45, 2.75) is 44.6 Å². The van der Waals surface area contributed by atoms with Gasteiger partial charge in [0.1, 0.15) is 0 Å². The normalized spacial score (nSPS) is 17.9. The molecule has 0 saturated heterocycles. The minimum absolute atomic E-state index is 0.702. The number of terminal acetylenes is 1. The summed E-state index contributed by atoms with van der Waals surface area (Å²) in [5.41, 5.74) is 0. The Balaban J connectivity index is 2.02. The van der Waals surface area contributed by atoms with E-state index < -0.39 is 0 Å². The van der Waals surface area contributed by atoms with Crippen molar-refractivity contribution in [2.75, 3.05) is 26.7 Å². The van der Waals surface area contributed by atoms with Gasteiger partial charge in [-0.1, -0.05) is 25.2 Å². The van der Waals surface area contributed by atoms with Gasteiger partial charge in [0.15, 0.2) is 0 Å². The fourth-order valence-corrected chi connectivity index (χ4v) is 2.32. The van der Waals surface area contributed by atoms with Gasteiger partial charge in [-0.2, -0.15) is 0 Å². The zero-order valence-electron chi connectivity index (χ0n) is 9.97. The summed E-state index contributed by atoms with van der Waals surface area (Å²) in [6.07, 6.45) is 13.4. The molecule has 1 rings (SSSR count). The first-order chi connectivity index (χ1) is 7.34. The van der Waals surface area contributed by atoms with Crippen LogP contribution in [0.25, 0.3) is 0 Å². The number of nitrogens with one attached hydrogen (secondary N) is 1. The topological polar surface area (TPSA) is 15.3 Å². The van der Waals surface area contributed by atoms with Gasteiger partial charge in [-0.15, -0.1) is 6.42 Å². The third kappa shape index (κ3) is 5.20. The summed E-state index contributed by atoms with van der Waals surface area (Å²) >= 11 is 0. The third-order valence-corrected chi connectivity index (χ3v) is 3.29. The highest BCUT2D eigenvalue weighted by atomic mass is 15.1. The Hall–Kier alpha value is -0.520. The Labute approximate surface area is 94.4 Å². The van der Waals surface area contributed by atoms with Gasteiger partial charge < -0.3 is 10.2 Å². The molecular weight excluding hydrogens is 184 g/mol. The van der Waals surface area contributed by atoms with Crippen molar-refractivity contribution in [3.05, 3.63) is 0 Å². The fraction of sp³-hybridized carbons (Fsp3) is 0.846. The summed E-state index contributed by atoms with van der Waals surface area (Å²) < 4.78 is 0. The molecule has 0 bridgehead atoms. The highest BCUT2D eigenvalue weighted by molar-refractivity contribution is 4.86. The predicted molar refractivity (Wildman–Crippen MR) is 65.8 cm³/mol. The van der Waals surface area contributed by atoms with E-state index in [0.717, 1.165) is 12.6 Å². The van der Waals surface area contributed by atoms with Gasteiger partial charge in [0.2, 0.25) is 0 Å². The summed E-state index contributed by atoms with van der Waals surface area (Å²) in [5.74, 6) is 2.59.